The van der Waals surface area contributed by atoms with E-state index in [1.165, 1.54) is 7.11 Å². The number of ether oxygens (including phenoxy) is 1. The molecule has 2 aromatic rings. The topological polar surface area (TPSA) is 51.5 Å². The summed E-state index contributed by atoms with van der Waals surface area (Å²) in [5.41, 5.74) is 1.82. The van der Waals surface area contributed by atoms with E-state index in [2.05, 4.69) is 16.3 Å². The molecule has 0 aromatic heterocycles. The number of nitriles is 1. The van der Waals surface area contributed by atoms with Gasteiger partial charge in [0, 0.05) is 17.7 Å². The van der Waals surface area contributed by atoms with E-state index < -0.39 is 0 Å². The molecule has 0 saturated heterocycles. The van der Waals surface area contributed by atoms with Gasteiger partial charge in [-0.25, -0.2) is 5.26 Å². The maximum Gasteiger partial charge on any atom is 0.236 e. The molecule has 0 heterocycles. The van der Waals surface area contributed by atoms with Crippen molar-refractivity contribution in [3.63, 3.8) is 0 Å². The highest BCUT2D eigenvalue weighted by molar-refractivity contribution is 7.80. The first kappa shape index (κ1) is 22.7. The molecule has 0 spiro atoms. The number of benzene rings is 2. The summed E-state index contributed by atoms with van der Waals surface area (Å²) in [7, 11) is 1.43. The van der Waals surface area contributed by atoms with Crippen LogP contribution < -0.4 is 0 Å². The first-order valence-corrected chi connectivity index (χ1v) is 8.18. The molecule has 4 nitrogen and oxygen atoms in total. The third-order valence-electron chi connectivity index (χ3n) is 2.52. The second-order valence-corrected chi connectivity index (χ2v) is 5.47. The largest absolute Gasteiger partial charge is 0.480 e. The summed E-state index contributed by atoms with van der Waals surface area (Å²) in [5.74, 6) is 0. The minimum Gasteiger partial charge on any atom is -0.480 e. The molecule has 0 aliphatic heterocycles. The predicted molar refractivity (Wildman–Crippen MR) is 107 cm³/mol. The van der Waals surface area contributed by atoms with Gasteiger partial charge in [-0.05, 0) is 38.3 Å². The molecule has 0 unspecified atom stereocenters. The Bertz CT molecular complexity index is 643. The van der Waals surface area contributed by atoms with Crippen molar-refractivity contribution < 1.29 is 14.5 Å². The molecule has 0 fully saturated rings. The van der Waals surface area contributed by atoms with E-state index in [4.69, 9.17) is 34.4 Å². The molecule has 0 aliphatic carbocycles. The van der Waals surface area contributed by atoms with E-state index in [0.717, 1.165) is 11.1 Å². The summed E-state index contributed by atoms with van der Waals surface area (Å²) in [5, 5.41) is 7.43. The molecule has 0 N–H and O–H groups in total. The Hall–Kier alpha value is -2.33. The molecular formula is C19H21NO3S2. The highest BCUT2D eigenvalue weighted by atomic mass is 32.1. The van der Waals surface area contributed by atoms with Gasteiger partial charge in [-0.2, -0.15) is 4.89 Å². The second-order valence-electron chi connectivity index (χ2n) is 4.72. The van der Waals surface area contributed by atoms with Crippen molar-refractivity contribution in [2.75, 3.05) is 7.11 Å². The summed E-state index contributed by atoms with van der Waals surface area (Å²) < 4.78 is 5.37. The number of hydrogen-bond donors (Lipinski definition) is 0. The van der Waals surface area contributed by atoms with Crippen LogP contribution in [0.3, 0.4) is 0 Å². The summed E-state index contributed by atoms with van der Waals surface area (Å²) in [4.78, 5) is 9.08. The van der Waals surface area contributed by atoms with Gasteiger partial charge < -0.3 is 9.62 Å². The molecule has 0 aliphatic rings. The van der Waals surface area contributed by atoms with Crippen molar-refractivity contribution in [2.45, 2.75) is 20.0 Å². The van der Waals surface area contributed by atoms with Crippen LogP contribution in [0.1, 0.15) is 25.0 Å². The van der Waals surface area contributed by atoms with Crippen LogP contribution in [0.2, 0.25) is 0 Å². The molecule has 2 rings (SSSR count). The summed E-state index contributed by atoms with van der Waals surface area (Å²) >= 11 is 9.95. The number of hydrogen-bond acceptors (Lipinski definition) is 6. The molecule has 2 aromatic carbocycles. The fourth-order valence-electron chi connectivity index (χ4n) is 1.55. The number of nitrogens with zero attached hydrogens (tertiary/aromatic N) is 1. The third-order valence-corrected chi connectivity index (χ3v) is 3.16. The average Bonchev–Trinajstić information content (AvgIpc) is 2.65. The Morgan fingerprint density at radius 3 is 1.60 bits per heavy atom. The van der Waals surface area contributed by atoms with Gasteiger partial charge in [0.1, 0.15) is 0 Å². The van der Waals surface area contributed by atoms with Crippen LogP contribution in [0.4, 0.5) is 0 Å². The van der Waals surface area contributed by atoms with Crippen LogP contribution in [0.15, 0.2) is 60.7 Å². The number of thiocarbonyl (C=S) groups is 2. The normalized spacial score (nSPS) is 8.88. The maximum atomic E-state index is 6.50. The molecule has 0 atom stereocenters. The van der Waals surface area contributed by atoms with Crippen LogP contribution in [0.25, 0.3) is 0 Å². The van der Waals surface area contributed by atoms with Crippen LogP contribution in [-0.4, -0.2) is 23.3 Å². The van der Waals surface area contributed by atoms with Crippen molar-refractivity contribution in [3.05, 3.63) is 71.8 Å². The third kappa shape index (κ3) is 10.2. The lowest BCUT2D eigenvalue weighted by Gasteiger charge is -2.09. The van der Waals surface area contributed by atoms with Crippen molar-refractivity contribution in [2.24, 2.45) is 0 Å². The minimum absolute atomic E-state index is 0.151. The van der Waals surface area contributed by atoms with E-state index >= 15 is 0 Å². The fraction of sp³-hybridized carbons (Fsp3) is 0.211. The Balaban J connectivity index is 0.000000421. The van der Waals surface area contributed by atoms with E-state index in [1.54, 1.807) is 0 Å². The van der Waals surface area contributed by atoms with E-state index in [1.807, 2.05) is 74.5 Å². The van der Waals surface area contributed by atoms with Crippen molar-refractivity contribution >= 4 is 34.5 Å². The monoisotopic (exact) mass is 375 g/mol. The van der Waals surface area contributed by atoms with Crippen molar-refractivity contribution in [1.29, 1.82) is 5.26 Å². The summed E-state index contributed by atoms with van der Waals surface area (Å²) in [6.07, 6.45) is 0.151. The van der Waals surface area contributed by atoms with Gasteiger partial charge in [0.25, 0.3) is 0 Å². The van der Waals surface area contributed by atoms with Gasteiger partial charge in [0.15, 0.2) is 5.05 Å². The van der Waals surface area contributed by atoms with Gasteiger partial charge in [-0.15, -0.1) is 0 Å². The molecule has 25 heavy (non-hydrogen) atoms. The highest BCUT2D eigenvalue weighted by Gasteiger charge is 2.02. The molecule has 0 bridgehead atoms. The minimum atomic E-state index is 0.151. The predicted octanol–water partition coefficient (Wildman–Crippen LogP) is 4.87. The lowest BCUT2D eigenvalue weighted by molar-refractivity contribution is -0.190. The van der Waals surface area contributed by atoms with Crippen molar-refractivity contribution in [1.82, 2.24) is 0 Å². The van der Waals surface area contributed by atoms with Gasteiger partial charge in [0.2, 0.25) is 5.05 Å². The van der Waals surface area contributed by atoms with Crippen LogP contribution in [0.5, 0.6) is 0 Å². The lowest BCUT2D eigenvalue weighted by atomic mass is 10.2. The first-order valence-electron chi connectivity index (χ1n) is 7.36. The lowest BCUT2D eigenvalue weighted by Crippen LogP contribution is -2.10. The van der Waals surface area contributed by atoms with Crippen molar-refractivity contribution in [3.8, 4) is 6.57 Å². The van der Waals surface area contributed by atoms with E-state index in [-0.39, 0.29) is 6.10 Å². The molecule has 0 amide bonds. The molecule has 6 heteroatoms. The Morgan fingerprint density at radius 1 is 0.840 bits per heavy atom. The second kappa shape index (κ2) is 14.1. The van der Waals surface area contributed by atoms with E-state index in [0.29, 0.717) is 10.1 Å². The van der Waals surface area contributed by atoms with Gasteiger partial charge in [-0.1, -0.05) is 60.7 Å². The molecule has 0 saturated carbocycles. The highest BCUT2D eigenvalue weighted by Crippen LogP contribution is 2.04. The summed E-state index contributed by atoms with van der Waals surface area (Å²) in [6.45, 7) is 7.44. The first-order chi connectivity index (χ1) is 12.0. The zero-order chi connectivity index (χ0) is 19.1. The molecule has 0 radical (unpaired) electrons. The number of rotatable bonds is 4. The average molecular weight is 376 g/mol. The smallest absolute Gasteiger partial charge is 0.236 e. The summed E-state index contributed by atoms with van der Waals surface area (Å²) in [6, 6.07) is 19.2. The fourth-order valence-corrected chi connectivity index (χ4v) is 2.09. The Morgan fingerprint density at radius 2 is 1.24 bits per heavy atom. The van der Waals surface area contributed by atoms with Crippen LogP contribution in [0, 0.1) is 11.8 Å². The molecule has 132 valence electrons. The van der Waals surface area contributed by atoms with Crippen LogP contribution in [-0.2, 0) is 14.5 Å². The zero-order valence-electron chi connectivity index (χ0n) is 14.4. The SMILES string of the molecule is C#N.CC(C)OC(=S)c1ccccc1.COOC(=S)c1ccccc1. The van der Waals surface area contributed by atoms with Gasteiger partial charge in [0.05, 0.1) is 13.2 Å². The Kier molecular flexibility index (Phi) is 12.7. The molecular weight excluding hydrogens is 354 g/mol. The zero-order valence-corrected chi connectivity index (χ0v) is 16.0. The van der Waals surface area contributed by atoms with E-state index in [9.17, 15) is 0 Å². The standard InChI is InChI=1S/C10H12OS.C8H8O2S.CHN/c1-8(2)11-10(12)9-6-4-3-5-7-9;1-9-10-8(11)7-5-3-2-4-6-7;1-2/h3-8H,1-2H3;2-6H,1H3;1H. The Labute approximate surface area is 159 Å². The quantitative estimate of drug-likeness (QED) is 0.432. The van der Waals surface area contributed by atoms with Gasteiger partial charge >= 0.3 is 0 Å². The van der Waals surface area contributed by atoms with Crippen LogP contribution >= 0.6 is 24.4 Å². The maximum absolute atomic E-state index is 6.50. The van der Waals surface area contributed by atoms with Gasteiger partial charge in [-0.3, -0.25) is 0 Å².